The number of pyridine rings is 1. The summed E-state index contributed by atoms with van der Waals surface area (Å²) in [6.07, 6.45) is -3.07. The molecule has 0 saturated heterocycles. The minimum absolute atomic E-state index is 0.433. The number of rotatable bonds is 3. The number of alkyl halides is 2. The van der Waals surface area contributed by atoms with E-state index in [1.807, 2.05) is 0 Å². The molecule has 1 heterocycles. The molecule has 0 bridgehead atoms. The maximum Gasteiger partial charge on any atom is 0.385 e. The maximum absolute atomic E-state index is 12.3. The van der Waals surface area contributed by atoms with Crippen LogP contribution in [0.1, 0.15) is 12.1 Å². The van der Waals surface area contributed by atoms with E-state index in [0.717, 1.165) is 0 Å². The van der Waals surface area contributed by atoms with Crippen LogP contribution in [0, 0.1) is 10.1 Å². The second kappa shape index (κ2) is 4.58. The third-order valence-corrected chi connectivity index (χ3v) is 3.47. The van der Waals surface area contributed by atoms with Crippen molar-refractivity contribution in [3.05, 3.63) is 26.3 Å². The molecule has 7 nitrogen and oxygen atoms in total. The zero-order valence-corrected chi connectivity index (χ0v) is 10.2. The van der Waals surface area contributed by atoms with Gasteiger partial charge in [-0.1, -0.05) is 0 Å². The molecule has 11 heteroatoms. The van der Waals surface area contributed by atoms with Crippen LogP contribution in [0.3, 0.4) is 0 Å². The van der Waals surface area contributed by atoms with Gasteiger partial charge in [-0.05, 0) is 25.8 Å². The average molecular weight is 332 g/mol. The summed E-state index contributed by atoms with van der Waals surface area (Å²) in [7, 11) is -4.45. The fourth-order valence-corrected chi connectivity index (χ4v) is 2.80. The van der Waals surface area contributed by atoms with Gasteiger partial charge in [0.1, 0.15) is 0 Å². The number of aromatic nitrogens is 1. The van der Waals surface area contributed by atoms with Crippen molar-refractivity contribution in [3.8, 4) is 0 Å². The van der Waals surface area contributed by atoms with Gasteiger partial charge in [-0.15, -0.1) is 0 Å². The van der Waals surface area contributed by atoms with E-state index in [0.29, 0.717) is 6.07 Å². The Balaban J connectivity index is 3.68. The van der Waals surface area contributed by atoms with Crippen LogP contribution in [0.4, 0.5) is 14.6 Å². The predicted molar refractivity (Wildman–Crippen MR) is 54.9 cm³/mol. The summed E-state index contributed by atoms with van der Waals surface area (Å²) in [5.41, 5.74) is -0.920. The number of hydrogen-bond donors (Lipinski definition) is 1. The Morgan fingerprint density at radius 3 is 2.41 bits per heavy atom. The molecule has 0 aliphatic rings. The van der Waals surface area contributed by atoms with Gasteiger partial charge in [0.2, 0.25) is 15.7 Å². The number of primary sulfonamides is 1. The summed E-state index contributed by atoms with van der Waals surface area (Å²) >= 11 is 2.63. The topological polar surface area (TPSA) is 116 Å². The van der Waals surface area contributed by atoms with Gasteiger partial charge >= 0.3 is 12.2 Å². The number of nitro groups is 1. The van der Waals surface area contributed by atoms with Crippen LogP contribution in [0.25, 0.3) is 0 Å². The molecule has 0 unspecified atom stereocenters. The molecule has 1 aromatic heterocycles. The number of halogens is 3. The molecule has 0 aliphatic carbocycles. The van der Waals surface area contributed by atoms with Crippen LogP contribution in [0.15, 0.2) is 15.4 Å². The molecular weight excluding hydrogens is 328 g/mol. The van der Waals surface area contributed by atoms with E-state index in [1.54, 1.807) is 0 Å². The first-order valence-electron chi connectivity index (χ1n) is 3.80. The van der Waals surface area contributed by atoms with E-state index >= 15 is 0 Å². The number of nitrogens with two attached hydrogens (primary N) is 1. The third kappa shape index (κ3) is 2.92. The van der Waals surface area contributed by atoms with Crippen LogP contribution < -0.4 is 5.14 Å². The molecule has 1 aromatic rings. The van der Waals surface area contributed by atoms with Crippen LogP contribution in [-0.4, -0.2) is 18.3 Å². The molecule has 0 radical (unpaired) electrons. The molecule has 0 aromatic carbocycles. The lowest BCUT2D eigenvalue weighted by Gasteiger charge is -2.04. The molecular formula is C6H4BrF2N3O4S. The Morgan fingerprint density at radius 2 is 2.06 bits per heavy atom. The van der Waals surface area contributed by atoms with Crippen LogP contribution in [0.2, 0.25) is 0 Å². The third-order valence-electron chi connectivity index (χ3n) is 1.61. The van der Waals surface area contributed by atoms with E-state index in [9.17, 15) is 27.3 Å². The molecule has 0 atom stereocenters. The molecule has 0 spiro atoms. The molecule has 0 fully saturated rings. The normalized spacial score (nSPS) is 11.8. The van der Waals surface area contributed by atoms with Gasteiger partial charge in [-0.2, -0.15) is 0 Å². The van der Waals surface area contributed by atoms with Crippen LogP contribution >= 0.6 is 15.9 Å². The van der Waals surface area contributed by atoms with Crippen molar-refractivity contribution in [2.75, 3.05) is 0 Å². The smallest absolute Gasteiger partial charge is 0.358 e. The zero-order valence-electron chi connectivity index (χ0n) is 7.80. The number of hydrogen-bond acceptors (Lipinski definition) is 5. The first kappa shape index (κ1) is 13.9. The van der Waals surface area contributed by atoms with Crippen molar-refractivity contribution < 1.29 is 22.1 Å². The second-order valence-corrected chi connectivity index (χ2v) is 5.14. The van der Waals surface area contributed by atoms with E-state index < -0.39 is 42.3 Å². The fourth-order valence-electron chi connectivity index (χ4n) is 1.01. The lowest BCUT2D eigenvalue weighted by atomic mass is 10.3. The molecule has 1 rings (SSSR count). The SMILES string of the molecule is NS(=O)(=O)c1c(Br)cc(C(F)F)nc1[N+](=O)[O-]. The van der Waals surface area contributed by atoms with Gasteiger partial charge in [0, 0.05) is 6.07 Å². The highest BCUT2D eigenvalue weighted by Crippen LogP contribution is 2.32. The maximum atomic E-state index is 12.3. The van der Waals surface area contributed by atoms with Crippen molar-refractivity contribution in [1.82, 2.24) is 4.98 Å². The van der Waals surface area contributed by atoms with Crippen molar-refractivity contribution in [1.29, 1.82) is 0 Å². The molecule has 0 saturated carbocycles. The van der Waals surface area contributed by atoms with Crippen LogP contribution in [-0.2, 0) is 10.0 Å². The Kier molecular flexibility index (Phi) is 3.74. The standard InChI is InChI=1S/C6H4BrF2N3O4S/c7-2-1-3(5(8)9)11-6(12(13)14)4(2)17(10,15)16/h1,5H,(H2,10,15,16). The van der Waals surface area contributed by atoms with Gasteiger partial charge in [0.15, 0.2) is 4.90 Å². The Hall–Kier alpha value is -1.20. The molecule has 0 aliphatic heterocycles. The van der Waals surface area contributed by atoms with Crippen molar-refractivity contribution >= 4 is 31.8 Å². The highest BCUT2D eigenvalue weighted by atomic mass is 79.9. The summed E-state index contributed by atoms with van der Waals surface area (Å²) in [5, 5.41) is 15.3. The van der Waals surface area contributed by atoms with Crippen molar-refractivity contribution in [2.45, 2.75) is 11.3 Å². The lowest BCUT2D eigenvalue weighted by Crippen LogP contribution is -2.16. The van der Waals surface area contributed by atoms with Gasteiger partial charge in [0.25, 0.3) is 0 Å². The van der Waals surface area contributed by atoms with E-state index in [-0.39, 0.29) is 0 Å². The molecule has 17 heavy (non-hydrogen) atoms. The Bertz CT molecular complexity index is 577. The van der Waals surface area contributed by atoms with E-state index in [4.69, 9.17) is 5.14 Å². The van der Waals surface area contributed by atoms with Crippen molar-refractivity contribution in [3.63, 3.8) is 0 Å². The second-order valence-electron chi connectivity index (χ2n) is 2.78. The first-order chi connectivity index (χ1) is 7.64. The monoisotopic (exact) mass is 331 g/mol. The minimum Gasteiger partial charge on any atom is -0.358 e. The van der Waals surface area contributed by atoms with Gasteiger partial charge in [-0.25, -0.2) is 22.3 Å². The van der Waals surface area contributed by atoms with Crippen LogP contribution in [0.5, 0.6) is 0 Å². The van der Waals surface area contributed by atoms with E-state index in [2.05, 4.69) is 20.9 Å². The highest BCUT2D eigenvalue weighted by molar-refractivity contribution is 9.10. The summed E-state index contributed by atoms with van der Waals surface area (Å²) in [4.78, 5) is 11.4. The average Bonchev–Trinajstić information content (AvgIpc) is 2.13. The number of nitrogens with zero attached hydrogens (tertiary/aromatic N) is 2. The summed E-state index contributed by atoms with van der Waals surface area (Å²) in [5.74, 6) is -1.24. The summed E-state index contributed by atoms with van der Waals surface area (Å²) in [6.45, 7) is 0. The summed E-state index contributed by atoms with van der Waals surface area (Å²) < 4.78 is 46.4. The Morgan fingerprint density at radius 1 is 1.53 bits per heavy atom. The van der Waals surface area contributed by atoms with E-state index in [1.165, 1.54) is 0 Å². The quantitative estimate of drug-likeness (QED) is 0.662. The molecule has 0 amide bonds. The predicted octanol–water partition coefficient (Wildman–Crippen LogP) is 1.34. The lowest BCUT2D eigenvalue weighted by molar-refractivity contribution is -0.392. The first-order valence-corrected chi connectivity index (χ1v) is 6.14. The Labute approximate surface area is 102 Å². The molecule has 94 valence electrons. The van der Waals surface area contributed by atoms with Crippen molar-refractivity contribution in [2.24, 2.45) is 5.14 Å². The summed E-state index contributed by atoms with van der Waals surface area (Å²) in [6, 6.07) is 0.664. The van der Waals surface area contributed by atoms with Gasteiger partial charge in [-0.3, -0.25) is 0 Å². The largest absolute Gasteiger partial charge is 0.385 e. The minimum atomic E-state index is -4.45. The molecule has 2 N–H and O–H groups in total. The zero-order chi connectivity index (χ0) is 13.4. The highest BCUT2D eigenvalue weighted by Gasteiger charge is 2.31. The fraction of sp³-hybridized carbons (Fsp3) is 0.167. The van der Waals surface area contributed by atoms with Gasteiger partial charge < -0.3 is 10.1 Å². The number of sulfonamides is 1. The van der Waals surface area contributed by atoms with Gasteiger partial charge in [0.05, 0.1) is 4.47 Å².